The van der Waals surface area contributed by atoms with Crippen LogP contribution in [0.2, 0.25) is 0 Å². The molecule has 0 aliphatic heterocycles. The minimum atomic E-state index is -0.145. The maximum absolute atomic E-state index is 13.1. The van der Waals surface area contributed by atoms with Crippen LogP contribution in [0, 0.1) is 23.1 Å². The second-order valence-electron chi connectivity index (χ2n) is 7.48. The van der Waals surface area contributed by atoms with Crippen LogP contribution in [0.25, 0.3) is 0 Å². The monoisotopic (exact) mass is 291 g/mol. The van der Waals surface area contributed by atoms with Gasteiger partial charge in [-0.1, -0.05) is 46.2 Å². The second-order valence-corrected chi connectivity index (χ2v) is 7.48. The fourth-order valence-electron chi connectivity index (χ4n) is 4.06. The average Bonchev–Trinajstić information content (AvgIpc) is 2.41. The molecule has 0 bridgehead atoms. The molecule has 1 fully saturated rings. The molecule has 3 unspecified atom stereocenters. The highest BCUT2D eigenvalue weighted by Crippen LogP contribution is 2.42. The van der Waals surface area contributed by atoms with Gasteiger partial charge >= 0.3 is 0 Å². The van der Waals surface area contributed by atoms with Gasteiger partial charge in [-0.15, -0.1) is 0 Å². The molecule has 3 atom stereocenters. The van der Waals surface area contributed by atoms with E-state index in [1.54, 1.807) is 12.1 Å². The van der Waals surface area contributed by atoms with Gasteiger partial charge in [-0.05, 0) is 60.8 Å². The predicted molar refractivity (Wildman–Crippen MR) is 87.9 cm³/mol. The van der Waals surface area contributed by atoms with Gasteiger partial charge in [-0.25, -0.2) is 4.39 Å². The molecule has 21 heavy (non-hydrogen) atoms. The van der Waals surface area contributed by atoms with Crippen molar-refractivity contribution in [3.63, 3.8) is 0 Å². The van der Waals surface area contributed by atoms with Gasteiger partial charge in [-0.2, -0.15) is 0 Å². The van der Waals surface area contributed by atoms with Crippen LogP contribution in [0.4, 0.5) is 4.39 Å². The van der Waals surface area contributed by atoms with Gasteiger partial charge in [0.2, 0.25) is 0 Å². The summed E-state index contributed by atoms with van der Waals surface area (Å²) in [7, 11) is 0. The summed E-state index contributed by atoms with van der Waals surface area (Å²) >= 11 is 0. The van der Waals surface area contributed by atoms with Crippen molar-refractivity contribution in [2.24, 2.45) is 17.3 Å². The lowest BCUT2D eigenvalue weighted by molar-refractivity contribution is 0.0949. The molecule has 1 nitrogen and oxygen atoms in total. The first-order chi connectivity index (χ1) is 9.92. The van der Waals surface area contributed by atoms with Crippen molar-refractivity contribution >= 4 is 0 Å². The Morgan fingerprint density at radius 2 is 1.86 bits per heavy atom. The van der Waals surface area contributed by atoms with Crippen molar-refractivity contribution < 1.29 is 4.39 Å². The summed E-state index contributed by atoms with van der Waals surface area (Å²) in [5.74, 6) is 1.37. The molecule has 1 N–H and O–H groups in total. The van der Waals surface area contributed by atoms with E-state index in [0.29, 0.717) is 12.0 Å². The Labute approximate surface area is 129 Å². The maximum Gasteiger partial charge on any atom is 0.123 e. The second kappa shape index (κ2) is 6.91. The predicted octanol–water partition coefficient (Wildman–Crippen LogP) is 4.81. The molecular weight excluding hydrogens is 261 g/mol. The molecule has 0 heterocycles. The largest absolute Gasteiger partial charge is 0.314 e. The maximum atomic E-state index is 13.1. The Morgan fingerprint density at radius 3 is 2.48 bits per heavy atom. The topological polar surface area (TPSA) is 12.0 Å². The first-order valence-corrected chi connectivity index (χ1v) is 8.40. The molecule has 2 heteroatoms. The average molecular weight is 291 g/mol. The van der Waals surface area contributed by atoms with Crippen LogP contribution < -0.4 is 5.32 Å². The Hall–Kier alpha value is -0.890. The minimum absolute atomic E-state index is 0.145. The van der Waals surface area contributed by atoms with Crippen molar-refractivity contribution in [3.05, 3.63) is 35.6 Å². The van der Waals surface area contributed by atoms with Gasteiger partial charge in [0.25, 0.3) is 0 Å². The fourth-order valence-corrected chi connectivity index (χ4v) is 4.06. The quantitative estimate of drug-likeness (QED) is 0.821. The highest BCUT2D eigenvalue weighted by Gasteiger charge is 2.38. The summed E-state index contributed by atoms with van der Waals surface area (Å²) in [4.78, 5) is 0. The third-order valence-electron chi connectivity index (χ3n) is 5.16. The summed E-state index contributed by atoms with van der Waals surface area (Å²) in [5.41, 5.74) is 1.49. The lowest BCUT2D eigenvalue weighted by Crippen LogP contribution is -2.47. The third kappa shape index (κ3) is 4.29. The van der Waals surface area contributed by atoms with E-state index in [2.05, 4.69) is 33.0 Å². The van der Waals surface area contributed by atoms with Crippen LogP contribution in [-0.2, 0) is 6.42 Å². The number of hydrogen-bond donors (Lipinski definition) is 1. The van der Waals surface area contributed by atoms with E-state index in [4.69, 9.17) is 0 Å². The molecule has 1 aliphatic rings. The Bertz CT molecular complexity index is 437. The molecule has 0 radical (unpaired) electrons. The number of benzene rings is 1. The smallest absolute Gasteiger partial charge is 0.123 e. The van der Waals surface area contributed by atoms with E-state index in [1.807, 2.05) is 12.1 Å². The minimum Gasteiger partial charge on any atom is -0.314 e. The molecule has 1 aliphatic carbocycles. The Kier molecular flexibility index (Phi) is 5.43. The summed E-state index contributed by atoms with van der Waals surface area (Å²) < 4.78 is 13.1. The van der Waals surface area contributed by atoms with Crippen molar-refractivity contribution in [2.75, 3.05) is 6.54 Å². The van der Waals surface area contributed by atoms with E-state index < -0.39 is 0 Å². The summed E-state index contributed by atoms with van der Waals surface area (Å²) in [5, 5.41) is 3.71. The summed E-state index contributed by atoms with van der Waals surface area (Å²) in [6, 6.07) is 7.65. The third-order valence-corrected chi connectivity index (χ3v) is 5.16. The summed E-state index contributed by atoms with van der Waals surface area (Å²) in [6.45, 7) is 10.4. The number of rotatable bonds is 5. The van der Waals surface area contributed by atoms with Crippen LogP contribution in [-0.4, -0.2) is 12.6 Å². The molecule has 0 spiro atoms. The van der Waals surface area contributed by atoms with Crippen molar-refractivity contribution in [1.82, 2.24) is 5.32 Å². The molecule has 0 amide bonds. The van der Waals surface area contributed by atoms with Crippen LogP contribution in [0.1, 0.15) is 52.5 Å². The van der Waals surface area contributed by atoms with E-state index >= 15 is 0 Å². The zero-order valence-electron chi connectivity index (χ0n) is 14.0. The first-order valence-electron chi connectivity index (χ1n) is 8.40. The first kappa shape index (κ1) is 16.5. The molecule has 1 aromatic rings. The van der Waals surface area contributed by atoms with Crippen LogP contribution >= 0.6 is 0 Å². The number of nitrogens with one attached hydrogen (secondary N) is 1. The standard InChI is InChI=1S/C19H30FN/c1-5-21-18-12-14(2)6-11-17(18)19(3,4)13-15-7-9-16(20)10-8-15/h7-10,14,17-18,21H,5-6,11-13H2,1-4H3. The van der Waals surface area contributed by atoms with Gasteiger partial charge in [0.1, 0.15) is 5.82 Å². The molecule has 2 rings (SSSR count). The lowest BCUT2D eigenvalue weighted by atomic mass is 9.64. The van der Waals surface area contributed by atoms with E-state index in [0.717, 1.165) is 18.9 Å². The van der Waals surface area contributed by atoms with Crippen LogP contribution in [0.15, 0.2) is 24.3 Å². The van der Waals surface area contributed by atoms with Crippen molar-refractivity contribution in [3.8, 4) is 0 Å². The molecule has 0 saturated heterocycles. The van der Waals surface area contributed by atoms with Gasteiger partial charge in [0, 0.05) is 6.04 Å². The summed E-state index contributed by atoms with van der Waals surface area (Å²) in [6.07, 6.45) is 4.94. The van der Waals surface area contributed by atoms with E-state index in [9.17, 15) is 4.39 Å². The molecule has 1 saturated carbocycles. The SMILES string of the molecule is CCNC1CC(C)CCC1C(C)(C)Cc1ccc(F)cc1. The molecule has 1 aromatic carbocycles. The highest BCUT2D eigenvalue weighted by molar-refractivity contribution is 5.18. The zero-order valence-corrected chi connectivity index (χ0v) is 14.0. The number of hydrogen-bond acceptors (Lipinski definition) is 1. The molecular formula is C19H30FN. The van der Waals surface area contributed by atoms with Gasteiger partial charge in [0.15, 0.2) is 0 Å². The van der Waals surface area contributed by atoms with Crippen molar-refractivity contribution in [1.29, 1.82) is 0 Å². The fraction of sp³-hybridized carbons (Fsp3) is 0.684. The Balaban J connectivity index is 2.10. The van der Waals surface area contributed by atoms with Gasteiger partial charge < -0.3 is 5.32 Å². The highest BCUT2D eigenvalue weighted by atomic mass is 19.1. The van der Waals surface area contributed by atoms with Crippen LogP contribution in [0.3, 0.4) is 0 Å². The molecule has 0 aromatic heterocycles. The van der Waals surface area contributed by atoms with Crippen molar-refractivity contribution in [2.45, 2.75) is 59.4 Å². The molecule has 118 valence electrons. The Morgan fingerprint density at radius 1 is 1.19 bits per heavy atom. The lowest BCUT2D eigenvalue weighted by Gasteiger charge is -2.45. The zero-order chi connectivity index (χ0) is 15.5. The van der Waals surface area contributed by atoms with Gasteiger partial charge in [-0.3, -0.25) is 0 Å². The van der Waals surface area contributed by atoms with E-state index in [1.165, 1.54) is 24.8 Å². The van der Waals surface area contributed by atoms with Crippen LogP contribution in [0.5, 0.6) is 0 Å². The normalized spacial score (nSPS) is 26.8. The van der Waals surface area contributed by atoms with E-state index in [-0.39, 0.29) is 11.2 Å². The number of halogens is 1. The van der Waals surface area contributed by atoms with Gasteiger partial charge in [0.05, 0.1) is 0 Å².